The zero-order chi connectivity index (χ0) is 20.8. The number of likely N-dealkylation sites (tertiary alicyclic amines) is 1. The Labute approximate surface area is 189 Å². The van der Waals surface area contributed by atoms with Gasteiger partial charge in [-0.1, -0.05) is 12.1 Å². The second-order valence-electron chi connectivity index (χ2n) is 6.66. The van der Waals surface area contributed by atoms with E-state index in [-0.39, 0.29) is 16.9 Å². The Bertz CT molecular complexity index is 929. The standard InChI is InChI=1S/C21H22IN3O3S/c1-28-18-10-9-14(13-16(18)22)19(26)24-21(29)23-17-8-4-3-7-15(17)20(27)25-11-5-2-6-12-25/h3-4,7-10,13H,2,5-6,11-12H2,1H3,(H2,23,24,26,29). The van der Waals surface area contributed by atoms with Crippen LogP contribution in [-0.2, 0) is 0 Å². The van der Waals surface area contributed by atoms with Crippen molar-refractivity contribution in [3.05, 3.63) is 57.2 Å². The number of piperidine rings is 1. The number of thiocarbonyl (C=S) groups is 1. The minimum Gasteiger partial charge on any atom is -0.496 e. The smallest absolute Gasteiger partial charge is 0.257 e. The maximum Gasteiger partial charge on any atom is 0.257 e. The Morgan fingerprint density at radius 2 is 1.83 bits per heavy atom. The second-order valence-corrected chi connectivity index (χ2v) is 8.23. The van der Waals surface area contributed by atoms with Crippen LogP contribution in [0.15, 0.2) is 42.5 Å². The van der Waals surface area contributed by atoms with Crippen LogP contribution in [0, 0.1) is 3.57 Å². The molecule has 6 nitrogen and oxygen atoms in total. The van der Waals surface area contributed by atoms with Gasteiger partial charge < -0.3 is 15.0 Å². The largest absolute Gasteiger partial charge is 0.496 e. The first kappa shape index (κ1) is 21.5. The molecule has 1 aliphatic rings. The number of carbonyl (C=O) groups excluding carboxylic acids is 2. The molecule has 0 aromatic heterocycles. The third-order valence-corrected chi connectivity index (χ3v) is 5.74. The van der Waals surface area contributed by atoms with Crippen LogP contribution in [0.1, 0.15) is 40.0 Å². The molecule has 152 valence electrons. The van der Waals surface area contributed by atoms with Gasteiger partial charge in [-0.15, -0.1) is 0 Å². The van der Waals surface area contributed by atoms with E-state index in [4.69, 9.17) is 17.0 Å². The zero-order valence-corrected chi connectivity index (χ0v) is 19.0. The maximum atomic E-state index is 12.9. The minimum absolute atomic E-state index is 0.0216. The number of ether oxygens (including phenoxy) is 1. The number of methoxy groups -OCH3 is 1. The lowest BCUT2D eigenvalue weighted by molar-refractivity contribution is 0.0725. The molecule has 0 unspecified atom stereocenters. The van der Waals surface area contributed by atoms with Gasteiger partial charge in [0.15, 0.2) is 5.11 Å². The summed E-state index contributed by atoms with van der Waals surface area (Å²) >= 11 is 7.41. The Hall–Kier alpha value is -2.20. The first-order valence-electron chi connectivity index (χ1n) is 9.34. The zero-order valence-electron chi connectivity index (χ0n) is 16.0. The first-order valence-corrected chi connectivity index (χ1v) is 10.8. The lowest BCUT2D eigenvalue weighted by atomic mass is 10.1. The van der Waals surface area contributed by atoms with Crippen LogP contribution in [0.5, 0.6) is 5.75 Å². The van der Waals surface area contributed by atoms with Crippen LogP contribution in [0.3, 0.4) is 0 Å². The van der Waals surface area contributed by atoms with Crippen LogP contribution in [-0.4, -0.2) is 42.0 Å². The Balaban J connectivity index is 1.68. The summed E-state index contributed by atoms with van der Waals surface area (Å²) in [4.78, 5) is 27.3. The molecule has 0 atom stereocenters. The van der Waals surface area contributed by atoms with Gasteiger partial charge in [-0.2, -0.15) is 0 Å². The Kier molecular flexibility index (Phi) is 7.43. The molecular weight excluding hydrogens is 501 g/mol. The fraction of sp³-hybridized carbons (Fsp3) is 0.286. The first-order chi connectivity index (χ1) is 14.0. The summed E-state index contributed by atoms with van der Waals surface area (Å²) in [5, 5.41) is 5.80. The second kappa shape index (κ2) is 10.0. The number of anilines is 1. The van der Waals surface area contributed by atoms with Crippen molar-refractivity contribution < 1.29 is 14.3 Å². The molecule has 0 bridgehead atoms. The number of amides is 2. The van der Waals surface area contributed by atoms with E-state index in [0.717, 1.165) is 35.9 Å². The maximum absolute atomic E-state index is 12.9. The van der Waals surface area contributed by atoms with Crippen LogP contribution in [0.4, 0.5) is 5.69 Å². The lowest BCUT2D eigenvalue weighted by Gasteiger charge is -2.27. The molecule has 2 aromatic carbocycles. The fourth-order valence-electron chi connectivity index (χ4n) is 3.18. The summed E-state index contributed by atoms with van der Waals surface area (Å²) in [5.74, 6) is 0.350. The van der Waals surface area contributed by atoms with E-state index in [9.17, 15) is 9.59 Å². The molecule has 2 N–H and O–H groups in total. The number of hydrogen-bond acceptors (Lipinski definition) is 4. The van der Waals surface area contributed by atoms with Crippen molar-refractivity contribution in [3.8, 4) is 5.75 Å². The van der Waals surface area contributed by atoms with Crippen LogP contribution >= 0.6 is 34.8 Å². The summed E-state index contributed by atoms with van der Waals surface area (Å²) in [6, 6.07) is 12.3. The van der Waals surface area contributed by atoms with Crippen molar-refractivity contribution in [2.45, 2.75) is 19.3 Å². The fourth-order valence-corrected chi connectivity index (χ4v) is 4.12. The number of nitrogens with zero attached hydrogens (tertiary/aromatic N) is 1. The Morgan fingerprint density at radius 3 is 2.52 bits per heavy atom. The van der Waals surface area contributed by atoms with Gasteiger partial charge in [0, 0.05) is 18.7 Å². The summed E-state index contributed by atoms with van der Waals surface area (Å²) < 4.78 is 6.04. The van der Waals surface area contributed by atoms with Crippen molar-refractivity contribution in [1.29, 1.82) is 0 Å². The van der Waals surface area contributed by atoms with Crippen molar-refractivity contribution in [2.24, 2.45) is 0 Å². The average Bonchev–Trinajstić information content (AvgIpc) is 2.74. The molecule has 3 rings (SSSR count). The molecule has 0 spiro atoms. The molecule has 0 aliphatic carbocycles. The van der Waals surface area contributed by atoms with Gasteiger partial charge in [0.05, 0.1) is 21.9 Å². The monoisotopic (exact) mass is 523 g/mol. The van der Waals surface area contributed by atoms with Crippen LogP contribution < -0.4 is 15.4 Å². The van der Waals surface area contributed by atoms with E-state index in [1.165, 1.54) is 0 Å². The lowest BCUT2D eigenvalue weighted by Crippen LogP contribution is -2.37. The van der Waals surface area contributed by atoms with E-state index in [2.05, 4.69) is 33.2 Å². The Morgan fingerprint density at radius 1 is 1.10 bits per heavy atom. The van der Waals surface area contributed by atoms with Gasteiger partial charge in [-0.25, -0.2) is 0 Å². The molecule has 2 aromatic rings. The summed E-state index contributed by atoms with van der Waals surface area (Å²) in [7, 11) is 1.58. The quantitative estimate of drug-likeness (QED) is 0.468. The summed E-state index contributed by atoms with van der Waals surface area (Å²) in [6.45, 7) is 1.54. The molecule has 1 fully saturated rings. The molecule has 1 aliphatic heterocycles. The predicted octanol–water partition coefficient (Wildman–Crippen LogP) is 4.05. The molecule has 1 saturated heterocycles. The topological polar surface area (TPSA) is 70.7 Å². The molecule has 2 amide bonds. The summed E-state index contributed by atoms with van der Waals surface area (Å²) in [6.07, 6.45) is 3.21. The van der Waals surface area contributed by atoms with Gasteiger partial charge in [0.2, 0.25) is 0 Å². The van der Waals surface area contributed by atoms with Crippen molar-refractivity contribution in [2.75, 3.05) is 25.5 Å². The highest BCUT2D eigenvalue weighted by molar-refractivity contribution is 14.1. The van der Waals surface area contributed by atoms with Crippen molar-refractivity contribution in [1.82, 2.24) is 10.2 Å². The van der Waals surface area contributed by atoms with Gasteiger partial charge in [-0.3, -0.25) is 14.9 Å². The molecule has 29 heavy (non-hydrogen) atoms. The highest BCUT2D eigenvalue weighted by Gasteiger charge is 2.21. The van der Waals surface area contributed by atoms with E-state index in [0.29, 0.717) is 22.6 Å². The molecule has 8 heteroatoms. The number of para-hydroxylation sites is 1. The van der Waals surface area contributed by atoms with Crippen LogP contribution in [0.25, 0.3) is 0 Å². The van der Waals surface area contributed by atoms with Gasteiger partial charge in [0.1, 0.15) is 5.75 Å². The number of halogens is 1. The van der Waals surface area contributed by atoms with Gasteiger partial charge in [-0.05, 0) is 84.4 Å². The number of carbonyl (C=O) groups is 2. The minimum atomic E-state index is -0.331. The highest BCUT2D eigenvalue weighted by atomic mass is 127. The van der Waals surface area contributed by atoms with E-state index in [1.54, 1.807) is 37.4 Å². The molecule has 0 radical (unpaired) electrons. The summed E-state index contributed by atoms with van der Waals surface area (Å²) in [5.41, 5.74) is 1.60. The molecular formula is C21H22IN3O3S. The third kappa shape index (κ3) is 5.45. The number of rotatable bonds is 4. The third-order valence-electron chi connectivity index (χ3n) is 4.69. The van der Waals surface area contributed by atoms with E-state index >= 15 is 0 Å². The number of hydrogen-bond donors (Lipinski definition) is 2. The van der Waals surface area contributed by atoms with Gasteiger partial charge in [0.25, 0.3) is 11.8 Å². The van der Waals surface area contributed by atoms with E-state index < -0.39 is 0 Å². The highest BCUT2D eigenvalue weighted by Crippen LogP contribution is 2.22. The number of nitrogens with one attached hydrogen (secondary N) is 2. The van der Waals surface area contributed by atoms with Crippen molar-refractivity contribution >= 4 is 57.4 Å². The van der Waals surface area contributed by atoms with Crippen LogP contribution in [0.2, 0.25) is 0 Å². The van der Waals surface area contributed by atoms with Gasteiger partial charge >= 0.3 is 0 Å². The predicted molar refractivity (Wildman–Crippen MR) is 126 cm³/mol. The van der Waals surface area contributed by atoms with E-state index in [1.807, 2.05) is 17.0 Å². The van der Waals surface area contributed by atoms with Crippen molar-refractivity contribution in [3.63, 3.8) is 0 Å². The molecule has 0 saturated carbocycles. The molecule has 1 heterocycles. The normalized spacial score (nSPS) is 13.5. The SMILES string of the molecule is COc1ccc(C(=O)NC(=S)Nc2ccccc2C(=O)N2CCCCC2)cc1I. The number of benzene rings is 2. The average molecular weight is 523 g/mol.